The predicted molar refractivity (Wildman–Crippen MR) is 130 cm³/mol. The molecule has 8 heteroatoms. The second-order valence-corrected chi connectivity index (χ2v) is 9.93. The fourth-order valence-electron chi connectivity index (χ4n) is 4.99. The summed E-state index contributed by atoms with van der Waals surface area (Å²) in [6.45, 7) is 5.49. The molecule has 1 aromatic rings. The van der Waals surface area contributed by atoms with E-state index in [0.29, 0.717) is 19.4 Å². The summed E-state index contributed by atoms with van der Waals surface area (Å²) in [7, 11) is 0. The molecule has 0 fully saturated rings. The molecule has 8 nitrogen and oxygen atoms in total. The summed E-state index contributed by atoms with van der Waals surface area (Å²) in [5, 5.41) is 14.9. The molecule has 3 amide bonds. The van der Waals surface area contributed by atoms with Crippen molar-refractivity contribution < 1.29 is 24.2 Å². The first-order chi connectivity index (χ1) is 16.4. The van der Waals surface area contributed by atoms with E-state index in [1.165, 1.54) is 17.7 Å². The van der Waals surface area contributed by atoms with E-state index in [-0.39, 0.29) is 30.1 Å². The van der Waals surface area contributed by atoms with E-state index in [0.717, 1.165) is 32.2 Å². The molecule has 4 N–H and O–H groups in total. The quantitative estimate of drug-likeness (QED) is 0.290. The van der Waals surface area contributed by atoms with Crippen molar-refractivity contribution in [1.29, 1.82) is 0 Å². The molecule has 0 aromatic heterocycles. The van der Waals surface area contributed by atoms with Crippen molar-refractivity contribution in [2.75, 3.05) is 13.1 Å². The van der Waals surface area contributed by atoms with Crippen molar-refractivity contribution in [1.82, 2.24) is 16.1 Å². The number of amides is 3. The number of hydroxylamine groups is 1. The topological polar surface area (TPSA) is 111 Å². The summed E-state index contributed by atoms with van der Waals surface area (Å²) in [4.78, 5) is 38.1. The summed E-state index contributed by atoms with van der Waals surface area (Å²) in [6, 6.07) is 7.54. The number of carbonyl (C=O) groups excluding carboxylic acids is 3. The van der Waals surface area contributed by atoms with Crippen molar-refractivity contribution in [3.05, 3.63) is 29.8 Å². The first-order valence-electron chi connectivity index (χ1n) is 12.6. The van der Waals surface area contributed by atoms with E-state index in [9.17, 15) is 14.4 Å². The van der Waals surface area contributed by atoms with Gasteiger partial charge >= 0.3 is 0 Å². The average molecular weight is 472 g/mol. The lowest BCUT2D eigenvalue weighted by Gasteiger charge is -2.24. The second-order valence-electron chi connectivity index (χ2n) is 9.93. The van der Waals surface area contributed by atoms with Gasteiger partial charge in [-0.05, 0) is 31.6 Å². The van der Waals surface area contributed by atoms with Gasteiger partial charge in [0.15, 0.2) is 6.21 Å². The lowest BCUT2D eigenvalue weighted by Crippen LogP contribution is -2.50. The number of hydrogen-bond donors (Lipinski definition) is 4. The normalized spacial score (nSPS) is 22.1. The third kappa shape index (κ3) is 7.13. The maximum absolute atomic E-state index is 13.2. The molecule has 2 aliphatic rings. The van der Waals surface area contributed by atoms with Crippen LogP contribution in [0.25, 0.3) is 0 Å². The molecular formula is C26H39N4O4+. The Morgan fingerprint density at radius 2 is 1.88 bits per heavy atom. The standard InChI is InChI=1S/C26H38N4O4/c1-18(2)14-19(16-24(31)29-34)25(32)28-22-15-20-17-30(23-11-7-6-10-21(20)23)13-9-5-3-4-8-12-27-26(22)33/h6-7,10-11,17-20,22H,3-5,8-9,12-16H2,1-2H3,(H3-,27,28,29,31,32,33,34)/p+1/t19-,20?,22+/m1/s1. The van der Waals surface area contributed by atoms with Crippen LogP contribution in [-0.2, 0) is 14.4 Å². The van der Waals surface area contributed by atoms with Crippen LogP contribution >= 0.6 is 0 Å². The minimum Gasteiger partial charge on any atom is -0.354 e. The lowest BCUT2D eigenvalue weighted by molar-refractivity contribution is -0.433. The Labute approximate surface area is 202 Å². The number of hydrogen-bond acceptors (Lipinski definition) is 4. The molecule has 0 spiro atoms. The van der Waals surface area contributed by atoms with Crippen LogP contribution < -0.4 is 16.1 Å². The Bertz CT molecular complexity index is 899. The summed E-state index contributed by atoms with van der Waals surface area (Å²) in [6.07, 6.45) is 8.40. The van der Waals surface area contributed by atoms with E-state index in [1.807, 2.05) is 26.0 Å². The SMILES string of the molecule is CC(C)C[C@H](CC(=O)NO)C(=O)N[C@H]1CC2C=[N+](CCCCCCCNC1=O)c1ccccc12. The molecule has 0 saturated carbocycles. The maximum Gasteiger partial charge on any atom is 0.244 e. The van der Waals surface area contributed by atoms with Gasteiger partial charge in [-0.3, -0.25) is 19.6 Å². The highest BCUT2D eigenvalue weighted by atomic mass is 16.5. The molecular weight excluding hydrogens is 432 g/mol. The van der Waals surface area contributed by atoms with E-state index < -0.39 is 17.9 Å². The Kier molecular flexibility index (Phi) is 9.62. The Balaban J connectivity index is 1.83. The van der Waals surface area contributed by atoms with Crippen molar-refractivity contribution in [2.45, 2.75) is 77.2 Å². The van der Waals surface area contributed by atoms with Gasteiger partial charge < -0.3 is 10.6 Å². The highest BCUT2D eigenvalue weighted by Crippen LogP contribution is 2.34. The fourth-order valence-corrected chi connectivity index (χ4v) is 4.99. The molecule has 0 aliphatic carbocycles. The number of benzene rings is 1. The fraction of sp³-hybridized carbons (Fsp3) is 0.615. The maximum atomic E-state index is 13.2. The van der Waals surface area contributed by atoms with Crippen molar-refractivity contribution >= 4 is 29.6 Å². The average Bonchev–Trinajstić information content (AvgIpc) is 3.16. The largest absolute Gasteiger partial charge is 0.354 e. The van der Waals surface area contributed by atoms with Gasteiger partial charge in [0.2, 0.25) is 23.4 Å². The summed E-state index contributed by atoms with van der Waals surface area (Å²) in [5.41, 5.74) is 3.96. The molecule has 2 bridgehead atoms. The first kappa shape index (κ1) is 25.9. The summed E-state index contributed by atoms with van der Waals surface area (Å²) in [5.74, 6) is -1.55. The van der Waals surface area contributed by atoms with E-state index in [4.69, 9.17) is 5.21 Å². The van der Waals surface area contributed by atoms with Crippen molar-refractivity contribution in [3.63, 3.8) is 0 Å². The van der Waals surface area contributed by atoms with Gasteiger partial charge in [0, 0.05) is 36.9 Å². The van der Waals surface area contributed by atoms with Crippen LogP contribution in [-0.4, -0.2) is 52.9 Å². The molecule has 2 heterocycles. The molecule has 1 unspecified atom stereocenters. The van der Waals surface area contributed by atoms with Gasteiger partial charge in [0.25, 0.3) is 0 Å². The van der Waals surface area contributed by atoms with Crippen LogP contribution in [0.15, 0.2) is 24.3 Å². The number of fused-ring (bicyclic) bond motifs is 4. The highest BCUT2D eigenvalue weighted by Gasteiger charge is 2.35. The zero-order valence-corrected chi connectivity index (χ0v) is 20.4. The Morgan fingerprint density at radius 3 is 2.65 bits per heavy atom. The number of nitrogens with one attached hydrogen (secondary N) is 3. The summed E-state index contributed by atoms with van der Waals surface area (Å²) < 4.78 is 2.29. The van der Waals surface area contributed by atoms with Gasteiger partial charge in [-0.2, -0.15) is 0 Å². The van der Waals surface area contributed by atoms with Gasteiger partial charge in [-0.15, -0.1) is 0 Å². The van der Waals surface area contributed by atoms with Crippen LogP contribution in [0.5, 0.6) is 0 Å². The number of carbonyl (C=O) groups is 3. The Morgan fingerprint density at radius 1 is 1.15 bits per heavy atom. The lowest BCUT2D eigenvalue weighted by atomic mass is 9.90. The van der Waals surface area contributed by atoms with Crippen LogP contribution in [0.1, 0.15) is 76.7 Å². The molecule has 0 saturated heterocycles. The molecule has 1 aromatic carbocycles. The third-order valence-corrected chi connectivity index (χ3v) is 6.69. The zero-order valence-electron chi connectivity index (χ0n) is 20.4. The molecule has 2 aliphatic heterocycles. The van der Waals surface area contributed by atoms with Gasteiger partial charge in [0.1, 0.15) is 12.6 Å². The predicted octanol–water partition coefficient (Wildman–Crippen LogP) is 3.01. The van der Waals surface area contributed by atoms with Crippen molar-refractivity contribution in [3.8, 4) is 0 Å². The molecule has 3 atom stereocenters. The van der Waals surface area contributed by atoms with Gasteiger partial charge in [-0.1, -0.05) is 44.9 Å². The monoisotopic (exact) mass is 471 g/mol. The van der Waals surface area contributed by atoms with Crippen LogP contribution in [0.2, 0.25) is 0 Å². The second kappa shape index (κ2) is 12.6. The number of nitrogens with zero attached hydrogens (tertiary/aromatic N) is 1. The zero-order chi connectivity index (χ0) is 24.5. The van der Waals surface area contributed by atoms with E-state index in [2.05, 4.69) is 33.6 Å². The molecule has 3 rings (SSSR count). The van der Waals surface area contributed by atoms with Crippen molar-refractivity contribution in [2.24, 2.45) is 11.8 Å². The van der Waals surface area contributed by atoms with E-state index in [1.54, 1.807) is 5.48 Å². The van der Waals surface area contributed by atoms with Gasteiger partial charge in [0.05, 0.1) is 5.92 Å². The number of rotatable bonds is 6. The van der Waals surface area contributed by atoms with Gasteiger partial charge in [-0.25, -0.2) is 10.1 Å². The Hall–Kier alpha value is -2.74. The molecule has 34 heavy (non-hydrogen) atoms. The summed E-state index contributed by atoms with van der Waals surface area (Å²) >= 11 is 0. The van der Waals surface area contributed by atoms with E-state index >= 15 is 0 Å². The minimum atomic E-state index is -0.712. The van der Waals surface area contributed by atoms with Crippen LogP contribution in [0.4, 0.5) is 5.69 Å². The van der Waals surface area contributed by atoms with Crippen LogP contribution in [0.3, 0.4) is 0 Å². The smallest absolute Gasteiger partial charge is 0.244 e. The van der Waals surface area contributed by atoms with Crippen LogP contribution in [0, 0.1) is 11.8 Å². The number of para-hydroxylation sites is 1. The molecule has 186 valence electrons. The highest BCUT2D eigenvalue weighted by molar-refractivity contribution is 5.91. The minimum absolute atomic E-state index is 0.0134. The molecule has 0 radical (unpaired) electrons. The first-order valence-corrected chi connectivity index (χ1v) is 12.6. The third-order valence-electron chi connectivity index (χ3n) is 6.69.